The molecule has 2 heterocycles. The molecule has 1 N–H and O–H groups in total. The first kappa shape index (κ1) is 20.1. The molecule has 0 spiro atoms. The Kier molecular flexibility index (Phi) is 5.57. The van der Waals surface area contributed by atoms with E-state index in [1.165, 1.54) is 17.7 Å². The summed E-state index contributed by atoms with van der Waals surface area (Å²) >= 11 is 0. The Balaban J connectivity index is 1.56. The lowest BCUT2D eigenvalue weighted by atomic mass is 10.1. The van der Waals surface area contributed by atoms with Crippen LogP contribution < -0.4 is 5.32 Å². The van der Waals surface area contributed by atoms with E-state index in [0.29, 0.717) is 13.1 Å². The number of rotatable bonds is 4. The molecule has 0 bridgehead atoms. The van der Waals surface area contributed by atoms with Gasteiger partial charge in [0.05, 0.1) is 6.04 Å². The molecule has 0 aliphatic carbocycles. The Hall–Kier alpha value is -3.15. The standard InChI is InChI=1S/C24H27FN4O/c1-16-6-11-21(17(2)13-16)27-24(30)28-12-4-5-22(28)23-26-14-18(3)29(23)15-19-7-9-20(25)10-8-19/h6-11,13-14,22H,4-5,12,15H2,1-3H3,(H,27,30). The molecule has 1 aliphatic heterocycles. The van der Waals surface area contributed by atoms with Crippen LogP contribution in [0.5, 0.6) is 0 Å². The van der Waals surface area contributed by atoms with Crippen LogP contribution in [0.4, 0.5) is 14.9 Å². The maximum Gasteiger partial charge on any atom is 0.322 e. The van der Waals surface area contributed by atoms with E-state index >= 15 is 0 Å². The lowest BCUT2D eigenvalue weighted by Gasteiger charge is -2.26. The quantitative estimate of drug-likeness (QED) is 0.634. The SMILES string of the molecule is Cc1ccc(NC(=O)N2CCCC2c2ncc(C)n2Cc2ccc(F)cc2)c(C)c1. The summed E-state index contributed by atoms with van der Waals surface area (Å²) < 4.78 is 15.4. The average Bonchev–Trinajstić information content (AvgIpc) is 3.33. The fraction of sp³-hybridized carbons (Fsp3) is 0.333. The number of carbonyl (C=O) groups excluding carboxylic acids is 1. The molecule has 156 valence electrons. The second-order valence-electron chi connectivity index (χ2n) is 8.07. The highest BCUT2D eigenvalue weighted by molar-refractivity contribution is 5.90. The minimum Gasteiger partial charge on any atom is -0.326 e. The van der Waals surface area contributed by atoms with Gasteiger partial charge in [0.25, 0.3) is 0 Å². The minimum absolute atomic E-state index is 0.0788. The van der Waals surface area contributed by atoms with Crippen molar-refractivity contribution < 1.29 is 9.18 Å². The van der Waals surface area contributed by atoms with Crippen molar-refractivity contribution in [3.05, 3.63) is 82.7 Å². The molecule has 5 nitrogen and oxygen atoms in total. The van der Waals surface area contributed by atoms with Crippen molar-refractivity contribution in [1.29, 1.82) is 0 Å². The lowest BCUT2D eigenvalue weighted by molar-refractivity contribution is 0.204. The molecule has 1 aliphatic rings. The Morgan fingerprint density at radius 3 is 2.67 bits per heavy atom. The van der Waals surface area contributed by atoms with Crippen LogP contribution in [0.25, 0.3) is 0 Å². The predicted octanol–water partition coefficient (Wildman–Crippen LogP) is 5.36. The molecule has 6 heteroatoms. The van der Waals surface area contributed by atoms with E-state index in [4.69, 9.17) is 0 Å². The molecule has 0 radical (unpaired) electrons. The van der Waals surface area contributed by atoms with Crippen LogP contribution in [0.1, 0.15) is 47.1 Å². The van der Waals surface area contributed by atoms with E-state index in [-0.39, 0.29) is 17.9 Å². The van der Waals surface area contributed by atoms with Crippen molar-refractivity contribution in [2.45, 2.75) is 46.2 Å². The fourth-order valence-electron chi connectivity index (χ4n) is 4.14. The van der Waals surface area contributed by atoms with Gasteiger partial charge in [-0.25, -0.2) is 14.2 Å². The Morgan fingerprint density at radius 1 is 1.17 bits per heavy atom. The van der Waals surface area contributed by atoms with Crippen molar-refractivity contribution in [3.8, 4) is 0 Å². The number of aryl methyl sites for hydroxylation is 3. The molecule has 2 amide bonds. The molecule has 3 aromatic rings. The number of halogens is 1. The van der Waals surface area contributed by atoms with E-state index in [9.17, 15) is 9.18 Å². The number of benzene rings is 2. The van der Waals surface area contributed by atoms with E-state index in [1.54, 1.807) is 12.1 Å². The number of nitrogens with zero attached hydrogens (tertiary/aromatic N) is 3. The summed E-state index contributed by atoms with van der Waals surface area (Å²) in [4.78, 5) is 19.6. The molecule has 30 heavy (non-hydrogen) atoms. The van der Waals surface area contributed by atoms with Gasteiger partial charge in [-0.1, -0.05) is 29.8 Å². The van der Waals surface area contributed by atoms with Gasteiger partial charge in [0, 0.05) is 30.7 Å². The van der Waals surface area contributed by atoms with Crippen molar-refractivity contribution in [3.63, 3.8) is 0 Å². The number of amides is 2. The molecule has 2 aromatic carbocycles. The maximum atomic E-state index is 13.3. The Bertz CT molecular complexity index is 1060. The fourth-order valence-corrected chi connectivity index (χ4v) is 4.14. The second kappa shape index (κ2) is 8.30. The van der Waals surface area contributed by atoms with Crippen molar-refractivity contribution in [2.24, 2.45) is 0 Å². The Morgan fingerprint density at radius 2 is 1.93 bits per heavy atom. The lowest BCUT2D eigenvalue weighted by Crippen LogP contribution is -2.35. The number of hydrogen-bond donors (Lipinski definition) is 1. The predicted molar refractivity (Wildman–Crippen MR) is 116 cm³/mol. The van der Waals surface area contributed by atoms with Gasteiger partial charge in [-0.15, -0.1) is 0 Å². The normalized spacial score (nSPS) is 16.1. The van der Waals surface area contributed by atoms with Gasteiger partial charge in [-0.2, -0.15) is 0 Å². The van der Waals surface area contributed by atoms with Crippen LogP contribution in [0.15, 0.2) is 48.7 Å². The molecule has 1 aromatic heterocycles. The third kappa shape index (κ3) is 4.08. The van der Waals surface area contributed by atoms with Crippen LogP contribution in [0.3, 0.4) is 0 Å². The van der Waals surface area contributed by atoms with Gasteiger partial charge in [0.15, 0.2) is 0 Å². The highest BCUT2D eigenvalue weighted by Gasteiger charge is 2.33. The minimum atomic E-state index is -0.244. The highest BCUT2D eigenvalue weighted by atomic mass is 19.1. The van der Waals surface area contributed by atoms with Gasteiger partial charge in [0.1, 0.15) is 11.6 Å². The maximum absolute atomic E-state index is 13.3. The zero-order valence-electron chi connectivity index (χ0n) is 17.7. The van der Waals surface area contributed by atoms with Crippen molar-refractivity contribution in [2.75, 3.05) is 11.9 Å². The summed E-state index contributed by atoms with van der Waals surface area (Å²) in [6.45, 7) is 7.35. The van der Waals surface area contributed by atoms with Gasteiger partial charge < -0.3 is 14.8 Å². The number of imidazole rings is 1. The third-order valence-electron chi connectivity index (χ3n) is 5.78. The smallest absolute Gasteiger partial charge is 0.322 e. The molecule has 1 fully saturated rings. The number of urea groups is 1. The van der Waals surface area contributed by atoms with Crippen molar-refractivity contribution in [1.82, 2.24) is 14.5 Å². The van der Waals surface area contributed by atoms with Crippen molar-refractivity contribution >= 4 is 11.7 Å². The summed E-state index contributed by atoms with van der Waals surface area (Å²) in [5.41, 5.74) is 5.08. The largest absolute Gasteiger partial charge is 0.326 e. The average molecular weight is 407 g/mol. The van der Waals surface area contributed by atoms with Gasteiger partial charge in [-0.05, 0) is 62.9 Å². The number of likely N-dealkylation sites (tertiary alicyclic amines) is 1. The van der Waals surface area contributed by atoms with Gasteiger partial charge in [0.2, 0.25) is 0 Å². The topological polar surface area (TPSA) is 50.2 Å². The molecular formula is C24H27FN4O. The van der Waals surface area contributed by atoms with E-state index < -0.39 is 0 Å². The van der Waals surface area contributed by atoms with Crippen LogP contribution in [0, 0.1) is 26.6 Å². The number of nitrogens with one attached hydrogen (secondary N) is 1. The summed E-state index contributed by atoms with van der Waals surface area (Å²) in [7, 11) is 0. The number of aromatic nitrogens is 2. The number of carbonyl (C=O) groups is 1. The summed E-state index contributed by atoms with van der Waals surface area (Å²) in [6.07, 6.45) is 3.66. The van der Waals surface area contributed by atoms with Gasteiger partial charge >= 0.3 is 6.03 Å². The first-order chi connectivity index (χ1) is 14.4. The van der Waals surface area contributed by atoms with Crippen LogP contribution in [0.2, 0.25) is 0 Å². The van der Waals surface area contributed by atoms with E-state index in [2.05, 4.69) is 20.9 Å². The van der Waals surface area contributed by atoms with Crippen LogP contribution in [-0.4, -0.2) is 27.0 Å². The van der Waals surface area contributed by atoms with Crippen LogP contribution in [-0.2, 0) is 6.54 Å². The first-order valence-corrected chi connectivity index (χ1v) is 10.3. The zero-order valence-corrected chi connectivity index (χ0v) is 17.7. The third-order valence-corrected chi connectivity index (χ3v) is 5.78. The second-order valence-corrected chi connectivity index (χ2v) is 8.07. The summed E-state index contributed by atoms with van der Waals surface area (Å²) in [5, 5.41) is 3.07. The Labute approximate surface area is 176 Å². The molecular weight excluding hydrogens is 379 g/mol. The summed E-state index contributed by atoms with van der Waals surface area (Å²) in [5.74, 6) is 0.636. The first-order valence-electron chi connectivity index (χ1n) is 10.3. The van der Waals surface area contributed by atoms with Crippen LogP contribution >= 0.6 is 0 Å². The highest BCUT2D eigenvalue weighted by Crippen LogP contribution is 2.33. The molecule has 1 atom stereocenters. The zero-order chi connectivity index (χ0) is 21.3. The van der Waals surface area contributed by atoms with E-state index in [0.717, 1.165) is 41.2 Å². The van der Waals surface area contributed by atoms with Gasteiger partial charge in [-0.3, -0.25) is 0 Å². The number of anilines is 1. The molecule has 0 saturated carbocycles. The van der Waals surface area contributed by atoms with E-state index in [1.807, 2.05) is 44.0 Å². The monoisotopic (exact) mass is 406 g/mol. The number of hydrogen-bond acceptors (Lipinski definition) is 2. The molecule has 1 saturated heterocycles. The molecule has 1 unspecified atom stereocenters. The summed E-state index contributed by atoms with van der Waals surface area (Å²) in [6, 6.07) is 12.4. The molecule has 4 rings (SSSR count).